The standard InChI is InChI=1S/C9H21N.Al.3H/c1-7(2)10(8(3)4)9(5)6;;;;/h7-9H,1-6H3;;;;. The Labute approximate surface area is 82.3 Å². The molecule has 0 aliphatic carbocycles. The average molecular weight is 173 g/mol. The van der Waals surface area contributed by atoms with Crippen LogP contribution in [0.15, 0.2) is 0 Å². The Bertz CT molecular complexity index is 70.5. The summed E-state index contributed by atoms with van der Waals surface area (Å²) in [7, 11) is 0. The summed E-state index contributed by atoms with van der Waals surface area (Å²) in [5.74, 6) is 0. The first-order chi connectivity index (χ1) is 4.46. The molecule has 68 valence electrons. The molecule has 0 spiro atoms. The molecule has 11 heavy (non-hydrogen) atoms. The highest BCUT2D eigenvalue weighted by molar-refractivity contribution is 5.75. The average Bonchev–Trinajstić information content (AvgIpc) is 1.59. The van der Waals surface area contributed by atoms with Gasteiger partial charge in [0.2, 0.25) is 0 Å². The van der Waals surface area contributed by atoms with E-state index in [9.17, 15) is 0 Å². The van der Waals surface area contributed by atoms with E-state index in [2.05, 4.69) is 46.4 Å². The lowest BCUT2D eigenvalue weighted by Crippen LogP contribution is -2.42. The van der Waals surface area contributed by atoms with Gasteiger partial charge in [0.1, 0.15) is 0 Å². The summed E-state index contributed by atoms with van der Waals surface area (Å²) in [4.78, 5) is 2.50. The first-order valence-electron chi connectivity index (χ1n) is 4.24. The highest BCUT2D eigenvalue weighted by Crippen LogP contribution is 2.08. The molecule has 2 heteroatoms. The molecule has 0 amide bonds. The third-order valence-electron chi connectivity index (χ3n) is 1.79. The van der Waals surface area contributed by atoms with Gasteiger partial charge < -0.3 is 0 Å². The van der Waals surface area contributed by atoms with E-state index in [4.69, 9.17) is 0 Å². The Morgan fingerprint density at radius 3 is 0.818 bits per heavy atom. The molecule has 0 aliphatic heterocycles. The molecular weight excluding hydrogens is 149 g/mol. The van der Waals surface area contributed by atoms with Gasteiger partial charge in [-0.05, 0) is 41.5 Å². The molecule has 0 aromatic heterocycles. The first kappa shape index (κ1) is 14.0. The summed E-state index contributed by atoms with van der Waals surface area (Å²) in [6.07, 6.45) is 0. The molecule has 0 bridgehead atoms. The minimum atomic E-state index is 0. The topological polar surface area (TPSA) is 3.24 Å². The van der Waals surface area contributed by atoms with Crippen LogP contribution in [0.1, 0.15) is 41.5 Å². The molecule has 0 heterocycles. The van der Waals surface area contributed by atoms with Crippen LogP contribution in [0.2, 0.25) is 0 Å². The van der Waals surface area contributed by atoms with Gasteiger partial charge in [-0.25, -0.2) is 0 Å². The molecular formula is C9H24AlN. The van der Waals surface area contributed by atoms with Gasteiger partial charge in [-0.15, -0.1) is 0 Å². The van der Waals surface area contributed by atoms with Crippen LogP contribution >= 0.6 is 0 Å². The predicted octanol–water partition coefficient (Wildman–Crippen LogP) is 1.33. The van der Waals surface area contributed by atoms with Gasteiger partial charge in [0, 0.05) is 18.1 Å². The zero-order chi connectivity index (χ0) is 8.31. The van der Waals surface area contributed by atoms with Gasteiger partial charge in [0.25, 0.3) is 0 Å². The number of rotatable bonds is 3. The van der Waals surface area contributed by atoms with Crippen molar-refractivity contribution in [3.05, 3.63) is 0 Å². The fraction of sp³-hybridized carbons (Fsp3) is 1.00. The molecule has 0 aliphatic rings. The van der Waals surface area contributed by atoms with Crippen LogP contribution in [0.5, 0.6) is 0 Å². The molecule has 0 radical (unpaired) electrons. The minimum Gasteiger partial charge on any atom is -0.296 e. The van der Waals surface area contributed by atoms with Gasteiger partial charge in [-0.2, -0.15) is 0 Å². The second-order valence-electron chi connectivity index (χ2n) is 3.73. The fourth-order valence-electron chi connectivity index (χ4n) is 1.79. The summed E-state index contributed by atoms with van der Waals surface area (Å²) in [5.41, 5.74) is 0. The van der Waals surface area contributed by atoms with Crippen molar-refractivity contribution >= 4 is 17.4 Å². The maximum atomic E-state index is 2.50. The summed E-state index contributed by atoms with van der Waals surface area (Å²) < 4.78 is 0. The molecule has 0 rings (SSSR count). The van der Waals surface area contributed by atoms with Crippen molar-refractivity contribution in [1.29, 1.82) is 0 Å². The van der Waals surface area contributed by atoms with Crippen molar-refractivity contribution in [3.8, 4) is 0 Å². The number of nitrogens with zero attached hydrogens (tertiary/aromatic N) is 1. The Morgan fingerprint density at radius 1 is 0.636 bits per heavy atom. The lowest BCUT2D eigenvalue weighted by Gasteiger charge is -2.34. The Balaban J connectivity index is 0. The molecule has 0 saturated heterocycles. The Hall–Kier alpha value is 0.492. The molecule has 1 nitrogen and oxygen atoms in total. The predicted molar refractivity (Wildman–Crippen MR) is 57.2 cm³/mol. The first-order valence-corrected chi connectivity index (χ1v) is 4.24. The quantitative estimate of drug-likeness (QED) is 0.582. The van der Waals surface area contributed by atoms with E-state index in [1.807, 2.05) is 0 Å². The monoisotopic (exact) mass is 173 g/mol. The van der Waals surface area contributed by atoms with Crippen molar-refractivity contribution in [2.75, 3.05) is 0 Å². The SMILES string of the molecule is CC(C)N(C(C)C)C(C)C.[AlH3]. The van der Waals surface area contributed by atoms with Gasteiger partial charge in [0.05, 0.1) is 0 Å². The largest absolute Gasteiger partial charge is 0.296 e. The van der Waals surface area contributed by atoms with Crippen LogP contribution in [0.25, 0.3) is 0 Å². The normalized spacial score (nSPS) is 11.5. The second kappa shape index (κ2) is 6.06. The van der Waals surface area contributed by atoms with Crippen molar-refractivity contribution in [2.24, 2.45) is 0 Å². The van der Waals surface area contributed by atoms with Crippen LogP contribution in [-0.2, 0) is 0 Å². The van der Waals surface area contributed by atoms with Crippen molar-refractivity contribution < 1.29 is 0 Å². The summed E-state index contributed by atoms with van der Waals surface area (Å²) in [5, 5.41) is 0. The molecule has 0 N–H and O–H groups in total. The van der Waals surface area contributed by atoms with Crippen LogP contribution in [-0.4, -0.2) is 40.4 Å². The van der Waals surface area contributed by atoms with Gasteiger partial charge >= 0.3 is 0 Å². The van der Waals surface area contributed by atoms with Crippen LogP contribution in [0.3, 0.4) is 0 Å². The van der Waals surface area contributed by atoms with Crippen molar-refractivity contribution in [1.82, 2.24) is 4.90 Å². The second-order valence-corrected chi connectivity index (χ2v) is 3.73. The third-order valence-corrected chi connectivity index (χ3v) is 1.79. The highest BCUT2D eigenvalue weighted by atomic mass is 27.0. The molecule has 0 saturated carbocycles. The molecule has 0 atom stereocenters. The summed E-state index contributed by atoms with van der Waals surface area (Å²) in [6.45, 7) is 13.5. The van der Waals surface area contributed by atoms with Crippen molar-refractivity contribution in [2.45, 2.75) is 59.7 Å². The minimum absolute atomic E-state index is 0. The third kappa shape index (κ3) is 4.85. The lowest BCUT2D eigenvalue weighted by atomic mass is 10.2. The molecule has 0 unspecified atom stereocenters. The van der Waals surface area contributed by atoms with Crippen LogP contribution in [0.4, 0.5) is 0 Å². The molecule has 0 aromatic rings. The maximum Gasteiger partial charge on any atom is 0.187 e. The van der Waals surface area contributed by atoms with E-state index in [0.717, 1.165) is 0 Å². The molecule has 0 fully saturated rings. The highest BCUT2D eigenvalue weighted by Gasteiger charge is 2.15. The van der Waals surface area contributed by atoms with Gasteiger partial charge in [0.15, 0.2) is 17.4 Å². The Morgan fingerprint density at radius 2 is 0.818 bits per heavy atom. The van der Waals surface area contributed by atoms with Crippen LogP contribution in [0, 0.1) is 0 Å². The van der Waals surface area contributed by atoms with E-state index in [1.54, 1.807) is 0 Å². The maximum absolute atomic E-state index is 2.50. The smallest absolute Gasteiger partial charge is 0.187 e. The fourth-order valence-corrected chi connectivity index (χ4v) is 1.79. The van der Waals surface area contributed by atoms with Gasteiger partial charge in [-0.3, -0.25) is 4.90 Å². The van der Waals surface area contributed by atoms with Crippen LogP contribution < -0.4 is 0 Å². The summed E-state index contributed by atoms with van der Waals surface area (Å²) >= 11 is 0. The van der Waals surface area contributed by atoms with E-state index in [0.29, 0.717) is 18.1 Å². The van der Waals surface area contributed by atoms with E-state index in [1.165, 1.54) is 0 Å². The summed E-state index contributed by atoms with van der Waals surface area (Å²) in [6, 6.07) is 2.00. The Kier molecular flexibility index (Phi) is 7.73. The van der Waals surface area contributed by atoms with E-state index < -0.39 is 0 Å². The zero-order valence-corrected chi connectivity index (χ0v) is 8.18. The van der Waals surface area contributed by atoms with Crippen molar-refractivity contribution in [3.63, 3.8) is 0 Å². The lowest BCUT2D eigenvalue weighted by molar-refractivity contribution is 0.133. The van der Waals surface area contributed by atoms with E-state index >= 15 is 0 Å². The number of hydrogen-bond acceptors (Lipinski definition) is 1. The zero-order valence-electron chi connectivity index (χ0n) is 8.18. The number of hydrogen-bond donors (Lipinski definition) is 0. The van der Waals surface area contributed by atoms with Gasteiger partial charge in [-0.1, -0.05) is 0 Å². The molecule has 0 aromatic carbocycles. The van der Waals surface area contributed by atoms with E-state index in [-0.39, 0.29) is 17.4 Å².